The van der Waals surface area contributed by atoms with Crippen molar-refractivity contribution in [1.29, 1.82) is 0 Å². The van der Waals surface area contributed by atoms with Gasteiger partial charge in [0.15, 0.2) is 11.6 Å². The fourth-order valence-electron chi connectivity index (χ4n) is 2.73. The van der Waals surface area contributed by atoms with E-state index in [0.717, 1.165) is 25.7 Å². The van der Waals surface area contributed by atoms with Crippen LogP contribution in [0.25, 0.3) is 0 Å². The number of halogens is 2. The van der Waals surface area contributed by atoms with Crippen molar-refractivity contribution in [1.82, 2.24) is 0 Å². The molecule has 1 saturated heterocycles. The summed E-state index contributed by atoms with van der Waals surface area (Å²) in [6.45, 7) is 4.65. The lowest BCUT2D eigenvalue weighted by molar-refractivity contribution is -0.00184. The van der Waals surface area contributed by atoms with Gasteiger partial charge in [-0.25, -0.2) is 4.39 Å². The van der Waals surface area contributed by atoms with Gasteiger partial charge in [-0.1, -0.05) is 19.4 Å². The molecule has 0 spiro atoms. The van der Waals surface area contributed by atoms with Gasteiger partial charge in [0.05, 0.1) is 19.3 Å². The highest BCUT2D eigenvalue weighted by Crippen LogP contribution is 2.34. The second kappa shape index (κ2) is 7.02. The van der Waals surface area contributed by atoms with Crippen molar-refractivity contribution in [3.63, 3.8) is 0 Å². The number of hydrogen-bond donors (Lipinski definition) is 0. The average Bonchev–Trinajstić information content (AvgIpc) is 2.46. The maximum atomic E-state index is 14.1. The summed E-state index contributed by atoms with van der Waals surface area (Å²) >= 11 is 0. The summed E-state index contributed by atoms with van der Waals surface area (Å²) < 4.78 is 38.8. The average molecular weight is 284 g/mol. The third-order valence-electron chi connectivity index (χ3n) is 3.80. The van der Waals surface area contributed by atoms with Crippen LogP contribution in [0.15, 0.2) is 12.1 Å². The maximum absolute atomic E-state index is 14.1. The van der Waals surface area contributed by atoms with E-state index in [1.165, 1.54) is 6.07 Å². The molecular weight excluding hydrogens is 262 g/mol. The number of rotatable bonds is 5. The van der Waals surface area contributed by atoms with E-state index in [4.69, 9.17) is 9.47 Å². The van der Waals surface area contributed by atoms with E-state index in [-0.39, 0.29) is 17.8 Å². The Hall–Kier alpha value is -1.16. The van der Waals surface area contributed by atoms with Gasteiger partial charge in [0.1, 0.15) is 0 Å². The lowest BCUT2D eigenvalue weighted by atomic mass is 9.90. The first-order valence-electron chi connectivity index (χ1n) is 7.39. The third kappa shape index (κ3) is 3.29. The molecule has 20 heavy (non-hydrogen) atoms. The van der Waals surface area contributed by atoms with Crippen molar-refractivity contribution in [3.8, 4) is 5.75 Å². The molecule has 1 aliphatic rings. The van der Waals surface area contributed by atoms with Crippen LogP contribution in [0.4, 0.5) is 8.78 Å². The molecule has 2 atom stereocenters. The van der Waals surface area contributed by atoms with Gasteiger partial charge in [-0.2, -0.15) is 4.39 Å². The fraction of sp³-hybridized carbons (Fsp3) is 0.625. The first-order chi connectivity index (χ1) is 9.67. The van der Waals surface area contributed by atoms with Gasteiger partial charge in [0.25, 0.3) is 0 Å². The molecular formula is C16H22F2O2. The zero-order valence-electron chi connectivity index (χ0n) is 12.1. The Morgan fingerprint density at radius 3 is 2.60 bits per heavy atom. The quantitative estimate of drug-likeness (QED) is 0.796. The maximum Gasteiger partial charge on any atom is 0.200 e. The molecule has 0 saturated carbocycles. The SMILES string of the molecule is CCCC1CCC(c2ccc(OCC)c(F)c2F)CO1. The Balaban J connectivity index is 2.08. The van der Waals surface area contributed by atoms with E-state index < -0.39 is 11.6 Å². The van der Waals surface area contributed by atoms with Gasteiger partial charge in [-0.15, -0.1) is 0 Å². The normalized spacial score (nSPS) is 22.8. The van der Waals surface area contributed by atoms with E-state index in [0.29, 0.717) is 18.8 Å². The molecule has 0 bridgehead atoms. The van der Waals surface area contributed by atoms with Gasteiger partial charge in [-0.3, -0.25) is 0 Å². The smallest absolute Gasteiger partial charge is 0.200 e. The Morgan fingerprint density at radius 2 is 2.00 bits per heavy atom. The van der Waals surface area contributed by atoms with Gasteiger partial charge in [0, 0.05) is 5.92 Å². The second-order valence-electron chi connectivity index (χ2n) is 5.23. The summed E-state index contributed by atoms with van der Waals surface area (Å²) in [6, 6.07) is 3.13. The Labute approximate surface area is 119 Å². The topological polar surface area (TPSA) is 18.5 Å². The Morgan fingerprint density at radius 1 is 1.20 bits per heavy atom. The van der Waals surface area contributed by atoms with Crippen molar-refractivity contribution in [2.75, 3.05) is 13.2 Å². The first kappa shape index (κ1) is 15.2. The van der Waals surface area contributed by atoms with E-state index in [9.17, 15) is 8.78 Å². The molecule has 1 aliphatic heterocycles. The van der Waals surface area contributed by atoms with E-state index >= 15 is 0 Å². The molecule has 1 aromatic rings. The highest BCUT2D eigenvalue weighted by atomic mass is 19.2. The van der Waals surface area contributed by atoms with Crippen molar-refractivity contribution in [2.45, 2.75) is 51.6 Å². The van der Waals surface area contributed by atoms with Crippen molar-refractivity contribution >= 4 is 0 Å². The van der Waals surface area contributed by atoms with Gasteiger partial charge in [0.2, 0.25) is 5.82 Å². The predicted molar refractivity (Wildman–Crippen MR) is 74.2 cm³/mol. The molecule has 0 aliphatic carbocycles. The molecule has 0 aromatic heterocycles. The highest BCUT2D eigenvalue weighted by molar-refractivity contribution is 5.33. The molecule has 112 valence electrons. The molecule has 1 fully saturated rings. The summed E-state index contributed by atoms with van der Waals surface area (Å²) in [5.41, 5.74) is 0.404. The molecule has 0 N–H and O–H groups in total. The molecule has 2 rings (SSSR count). The zero-order valence-corrected chi connectivity index (χ0v) is 12.1. The van der Waals surface area contributed by atoms with E-state index in [1.807, 2.05) is 0 Å². The minimum absolute atomic E-state index is 0.0191. The lowest BCUT2D eigenvalue weighted by Gasteiger charge is -2.29. The largest absolute Gasteiger partial charge is 0.491 e. The van der Waals surface area contributed by atoms with Crippen LogP contribution in [0.2, 0.25) is 0 Å². The Kier molecular flexibility index (Phi) is 5.35. The minimum atomic E-state index is -0.889. The first-order valence-corrected chi connectivity index (χ1v) is 7.39. The van der Waals surface area contributed by atoms with Crippen molar-refractivity contribution < 1.29 is 18.3 Å². The van der Waals surface area contributed by atoms with Gasteiger partial charge >= 0.3 is 0 Å². The van der Waals surface area contributed by atoms with Crippen LogP contribution in [-0.4, -0.2) is 19.3 Å². The van der Waals surface area contributed by atoms with Crippen LogP contribution in [0.3, 0.4) is 0 Å². The van der Waals surface area contributed by atoms with Crippen LogP contribution < -0.4 is 4.74 Å². The molecule has 1 heterocycles. The summed E-state index contributed by atoms with van der Waals surface area (Å²) in [7, 11) is 0. The van der Waals surface area contributed by atoms with Crippen molar-refractivity contribution in [3.05, 3.63) is 29.3 Å². The third-order valence-corrected chi connectivity index (χ3v) is 3.80. The second-order valence-corrected chi connectivity index (χ2v) is 5.23. The van der Waals surface area contributed by atoms with Crippen LogP contribution in [-0.2, 0) is 4.74 Å². The minimum Gasteiger partial charge on any atom is -0.491 e. The van der Waals surface area contributed by atoms with E-state index in [2.05, 4.69) is 6.92 Å². The molecule has 1 aromatic carbocycles. The summed E-state index contributed by atoms with van der Waals surface area (Å²) in [4.78, 5) is 0. The van der Waals surface area contributed by atoms with Gasteiger partial charge in [-0.05, 0) is 37.8 Å². The fourth-order valence-corrected chi connectivity index (χ4v) is 2.73. The summed E-state index contributed by atoms with van der Waals surface area (Å²) in [6.07, 6.45) is 4.14. The Bertz CT molecular complexity index is 440. The van der Waals surface area contributed by atoms with Crippen LogP contribution >= 0.6 is 0 Å². The van der Waals surface area contributed by atoms with Gasteiger partial charge < -0.3 is 9.47 Å². The summed E-state index contributed by atoms with van der Waals surface area (Å²) in [5.74, 6) is -1.76. The lowest BCUT2D eigenvalue weighted by Crippen LogP contribution is -2.25. The predicted octanol–water partition coefficient (Wildman–Crippen LogP) is 4.43. The highest BCUT2D eigenvalue weighted by Gasteiger charge is 2.26. The van der Waals surface area contributed by atoms with E-state index in [1.54, 1.807) is 13.0 Å². The number of hydrogen-bond acceptors (Lipinski definition) is 2. The van der Waals surface area contributed by atoms with Crippen LogP contribution in [0, 0.1) is 11.6 Å². The van der Waals surface area contributed by atoms with Crippen LogP contribution in [0.5, 0.6) is 5.75 Å². The zero-order chi connectivity index (χ0) is 14.5. The number of ether oxygens (including phenoxy) is 2. The summed E-state index contributed by atoms with van der Waals surface area (Å²) in [5, 5.41) is 0. The number of benzene rings is 1. The molecule has 0 radical (unpaired) electrons. The standard InChI is InChI=1S/C16H22F2O2/c1-3-5-12-7-6-11(10-20-12)13-8-9-14(19-4-2)16(18)15(13)17/h8-9,11-12H,3-7,10H2,1-2H3. The van der Waals surface area contributed by atoms with Crippen molar-refractivity contribution in [2.24, 2.45) is 0 Å². The van der Waals surface area contributed by atoms with Crippen LogP contribution in [0.1, 0.15) is 51.0 Å². The molecule has 0 amide bonds. The molecule has 2 nitrogen and oxygen atoms in total. The molecule has 4 heteroatoms. The monoisotopic (exact) mass is 284 g/mol. The molecule has 2 unspecified atom stereocenters.